The van der Waals surface area contributed by atoms with E-state index in [0.29, 0.717) is 16.7 Å². The molecule has 1 unspecified atom stereocenters. The van der Waals surface area contributed by atoms with Crippen molar-refractivity contribution in [2.45, 2.75) is 116 Å². The van der Waals surface area contributed by atoms with Gasteiger partial charge in [-0.25, -0.2) is 0 Å². The maximum Gasteiger partial charge on any atom is 0.0650 e. The molecule has 0 bridgehead atoms. The van der Waals surface area contributed by atoms with Crippen molar-refractivity contribution < 1.29 is 10.2 Å². The first-order valence-corrected chi connectivity index (χ1v) is 12.2. The highest BCUT2D eigenvalue weighted by molar-refractivity contribution is 5.11. The molecule has 156 valence electrons. The average Bonchev–Trinajstić information content (AvgIpc) is 2.99. The summed E-state index contributed by atoms with van der Waals surface area (Å²) in [5, 5.41) is 21.6. The van der Waals surface area contributed by atoms with Crippen molar-refractivity contribution in [1.29, 1.82) is 0 Å². The molecule has 4 aliphatic rings. The molecule has 0 spiro atoms. The molecule has 0 aromatic heterocycles. The molecule has 2 N–H and O–H groups in total. The molecule has 27 heavy (non-hydrogen) atoms. The van der Waals surface area contributed by atoms with Crippen LogP contribution in [0.1, 0.15) is 105 Å². The van der Waals surface area contributed by atoms with Crippen LogP contribution in [0.2, 0.25) is 0 Å². The standard InChI is InChI=1S/C25H44O2/c1-5-12-24(27)14-15-25(6-2)18(16-24)7-8-19-21-10-9-20(17(3)26)23(21,4)13-11-22(19)25/h17-22,26-27H,5-16H2,1-4H3/t17?,18-,19+,20-,21+,22+,23-,24-,25+/m1/s1. The average molecular weight is 377 g/mol. The van der Waals surface area contributed by atoms with Crippen molar-refractivity contribution in [3.8, 4) is 0 Å². The lowest BCUT2D eigenvalue weighted by Crippen LogP contribution is -2.57. The number of hydrogen-bond acceptors (Lipinski definition) is 2. The zero-order valence-corrected chi connectivity index (χ0v) is 18.3. The summed E-state index contributed by atoms with van der Waals surface area (Å²) >= 11 is 0. The monoisotopic (exact) mass is 376 g/mol. The molecule has 0 aromatic carbocycles. The third kappa shape index (κ3) is 2.95. The Morgan fingerprint density at radius 3 is 2.41 bits per heavy atom. The number of aliphatic hydroxyl groups is 2. The van der Waals surface area contributed by atoms with Crippen molar-refractivity contribution in [2.24, 2.45) is 40.4 Å². The van der Waals surface area contributed by atoms with E-state index < -0.39 is 0 Å². The quantitative estimate of drug-likeness (QED) is 0.636. The minimum Gasteiger partial charge on any atom is -0.393 e. The first-order chi connectivity index (χ1) is 12.8. The fourth-order valence-corrected chi connectivity index (χ4v) is 9.36. The van der Waals surface area contributed by atoms with Gasteiger partial charge in [-0.2, -0.15) is 0 Å². The molecule has 0 radical (unpaired) electrons. The van der Waals surface area contributed by atoms with Crippen LogP contribution >= 0.6 is 0 Å². The van der Waals surface area contributed by atoms with Gasteiger partial charge in [-0.05, 0) is 118 Å². The Hall–Kier alpha value is -0.0800. The Kier molecular flexibility index (Phi) is 5.25. The van der Waals surface area contributed by atoms with Crippen molar-refractivity contribution in [1.82, 2.24) is 0 Å². The van der Waals surface area contributed by atoms with Crippen molar-refractivity contribution in [3.63, 3.8) is 0 Å². The maximum absolute atomic E-state index is 11.2. The van der Waals surface area contributed by atoms with E-state index in [1.165, 1.54) is 51.4 Å². The summed E-state index contributed by atoms with van der Waals surface area (Å²) in [4.78, 5) is 0. The Labute approximate surface area is 167 Å². The zero-order chi connectivity index (χ0) is 19.4. The largest absolute Gasteiger partial charge is 0.393 e. The van der Waals surface area contributed by atoms with Crippen molar-refractivity contribution in [3.05, 3.63) is 0 Å². The maximum atomic E-state index is 11.2. The summed E-state index contributed by atoms with van der Waals surface area (Å²) in [7, 11) is 0. The third-order valence-electron chi connectivity index (χ3n) is 10.5. The molecule has 2 nitrogen and oxygen atoms in total. The van der Waals surface area contributed by atoms with Gasteiger partial charge in [-0.1, -0.05) is 27.2 Å². The van der Waals surface area contributed by atoms with E-state index in [0.717, 1.165) is 49.4 Å². The number of aliphatic hydroxyl groups excluding tert-OH is 1. The van der Waals surface area contributed by atoms with E-state index in [1.54, 1.807) is 0 Å². The Balaban J connectivity index is 1.59. The highest BCUT2D eigenvalue weighted by atomic mass is 16.3. The molecule has 4 rings (SSSR count). The topological polar surface area (TPSA) is 40.5 Å². The van der Waals surface area contributed by atoms with Crippen LogP contribution in [0.15, 0.2) is 0 Å². The van der Waals surface area contributed by atoms with E-state index in [2.05, 4.69) is 20.8 Å². The van der Waals surface area contributed by atoms with Crippen LogP contribution in [0.5, 0.6) is 0 Å². The van der Waals surface area contributed by atoms with Gasteiger partial charge >= 0.3 is 0 Å². The van der Waals surface area contributed by atoms with Crippen LogP contribution in [0.3, 0.4) is 0 Å². The van der Waals surface area contributed by atoms with E-state index in [-0.39, 0.29) is 11.7 Å². The molecule has 9 atom stereocenters. The summed E-state index contributed by atoms with van der Waals surface area (Å²) in [6.07, 6.45) is 14.6. The van der Waals surface area contributed by atoms with Crippen LogP contribution in [-0.2, 0) is 0 Å². The first kappa shape index (κ1) is 20.2. The molecule has 0 amide bonds. The number of fused-ring (bicyclic) bond motifs is 5. The van der Waals surface area contributed by atoms with E-state index in [1.807, 2.05) is 6.92 Å². The van der Waals surface area contributed by atoms with Gasteiger partial charge in [0.2, 0.25) is 0 Å². The summed E-state index contributed by atoms with van der Waals surface area (Å²) in [6.45, 7) is 9.21. The highest BCUT2D eigenvalue weighted by Gasteiger charge is 2.62. The van der Waals surface area contributed by atoms with Gasteiger partial charge in [0.15, 0.2) is 0 Å². The molecule has 2 heteroatoms. The summed E-state index contributed by atoms with van der Waals surface area (Å²) in [6, 6.07) is 0. The second kappa shape index (κ2) is 7.01. The van der Waals surface area contributed by atoms with E-state index >= 15 is 0 Å². The lowest BCUT2D eigenvalue weighted by molar-refractivity contribution is -0.164. The lowest BCUT2D eigenvalue weighted by Gasteiger charge is -2.63. The number of rotatable bonds is 4. The van der Waals surface area contributed by atoms with Gasteiger partial charge in [-0.15, -0.1) is 0 Å². The molecular formula is C25H44O2. The van der Waals surface area contributed by atoms with Gasteiger partial charge in [0, 0.05) is 0 Å². The lowest BCUT2D eigenvalue weighted by atomic mass is 9.42. The van der Waals surface area contributed by atoms with Gasteiger partial charge in [0.1, 0.15) is 0 Å². The highest BCUT2D eigenvalue weighted by Crippen LogP contribution is 2.69. The fraction of sp³-hybridized carbons (Fsp3) is 1.00. The number of hydrogen-bond donors (Lipinski definition) is 2. The summed E-state index contributed by atoms with van der Waals surface area (Å²) in [5.41, 5.74) is 0.487. The molecule has 0 aliphatic heterocycles. The van der Waals surface area contributed by atoms with Gasteiger partial charge in [0.25, 0.3) is 0 Å². The molecule has 0 saturated heterocycles. The van der Waals surface area contributed by atoms with Crippen LogP contribution in [0.4, 0.5) is 0 Å². The Morgan fingerprint density at radius 1 is 0.963 bits per heavy atom. The second-order valence-corrected chi connectivity index (χ2v) is 11.4. The van der Waals surface area contributed by atoms with E-state index in [4.69, 9.17) is 0 Å². The zero-order valence-electron chi connectivity index (χ0n) is 18.3. The molecule has 0 heterocycles. The summed E-state index contributed by atoms with van der Waals surface area (Å²) in [5.74, 6) is 3.84. The Morgan fingerprint density at radius 2 is 1.74 bits per heavy atom. The fourth-order valence-electron chi connectivity index (χ4n) is 9.36. The van der Waals surface area contributed by atoms with Crippen LogP contribution < -0.4 is 0 Å². The normalized spacial score (nSPS) is 53.3. The SMILES string of the molecule is CCC[C@@]1(O)CC[C@@]2(CC)[C@H](CC[C@H]3[C@@H]4CC[C@H](C(C)O)[C@@]4(C)CC[C@@H]32)C1. The first-order valence-electron chi connectivity index (χ1n) is 12.2. The Bertz CT molecular complexity index is 544. The van der Waals surface area contributed by atoms with Gasteiger partial charge in [-0.3, -0.25) is 0 Å². The second-order valence-electron chi connectivity index (χ2n) is 11.4. The predicted octanol–water partition coefficient (Wildman–Crippen LogP) is 5.95. The van der Waals surface area contributed by atoms with Crippen LogP contribution in [0.25, 0.3) is 0 Å². The molecule has 0 aromatic rings. The van der Waals surface area contributed by atoms with Gasteiger partial charge < -0.3 is 10.2 Å². The summed E-state index contributed by atoms with van der Waals surface area (Å²) < 4.78 is 0. The smallest absolute Gasteiger partial charge is 0.0650 e. The predicted molar refractivity (Wildman–Crippen MR) is 111 cm³/mol. The van der Waals surface area contributed by atoms with Crippen molar-refractivity contribution >= 4 is 0 Å². The third-order valence-corrected chi connectivity index (χ3v) is 10.5. The van der Waals surface area contributed by atoms with Crippen LogP contribution in [0, 0.1) is 40.4 Å². The van der Waals surface area contributed by atoms with Crippen LogP contribution in [-0.4, -0.2) is 21.9 Å². The minimum absolute atomic E-state index is 0.147. The van der Waals surface area contributed by atoms with E-state index in [9.17, 15) is 10.2 Å². The molecule has 4 fully saturated rings. The molecule has 4 aliphatic carbocycles. The molecular weight excluding hydrogens is 332 g/mol. The van der Waals surface area contributed by atoms with Gasteiger partial charge in [0.05, 0.1) is 11.7 Å². The minimum atomic E-state index is -0.376. The molecule has 4 saturated carbocycles. The van der Waals surface area contributed by atoms with Crippen molar-refractivity contribution in [2.75, 3.05) is 0 Å².